The van der Waals surface area contributed by atoms with Gasteiger partial charge in [-0.25, -0.2) is 0 Å². The van der Waals surface area contributed by atoms with E-state index in [4.69, 9.17) is 4.52 Å². The number of anilines is 1. The maximum absolute atomic E-state index is 12.7. The molecule has 9 heteroatoms. The minimum atomic E-state index is -4.41. The Labute approximate surface area is 151 Å². The second-order valence-corrected chi connectivity index (χ2v) is 6.14. The summed E-state index contributed by atoms with van der Waals surface area (Å²) in [6.45, 7) is 0.277. The molecule has 27 heavy (non-hydrogen) atoms. The molecular formula is C18H13F3N4O2. The zero-order valence-corrected chi connectivity index (χ0v) is 13.8. The maximum Gasteiger partial charge on any atom is 0.416 e. The van der Waals surface area contributed by atoms with Crippen LogP contribution < -0.4 is 4.90 Å². The number of benzene rings is 1. The van der Waals surface area contributed by atoms with Crippen molar-refractivity contribution in [2.45, 2.75) is 18.5 Å². The summed E-state index contributed by atoms with van der Waals surface area (Å²) in [5.41, 5.74) is 0.371. The van der Waals surface area contributed by atoms with Crippen molar-refractivity contribution >= 4 is 11.6 Å². The Kier molecular flexibility index (Phi) is 4.14. The molecule has 1 aromatic carbocycles. The number of hydrogen-bond acceptors (Lipinski definition) is 5. The van der Waals surface area contributed by atoms with E-state index in [2.05, 4.69) is 15.1 Å². The average Bonchev–Trinajstić information content (AvgIpc) is 3.29. The van der Waals surface area contributed by atoms with Crippen molar-refractivity contribution in [3.05, 3.63) is 60.2 Å². The van der Waals surface area contributed by atoms with Gasteiger partial charge in [-0.05, 0) is 36.4 Å². The molecule has 3 aromatic rings. The van der Waals surface area contributed by atoms with E-state index in [1.165, 1.54) is 17.0 Å². The van der Waals surface area contributed by atoms with Crippen LogP contribution in [0.3, 0.4) is 0 Å². The van der Waals surface area contributed by atoms with Crippen molar-refractivity contribution in [3.8, 4) is 11.5 Å². The molecule has 4 rings (SSSR count). The first-order valence-electron chi connectivity index (χ1n) is 8.13. The van der Waals surface area contributed by atoms with Gasteiger partial charge in [-0.2, -0.15) is 18.2 Å². The van der Waals surface area contributed by atoms with E-state index in [9.17, 15) is 18.0 Å². The van der Waals surface area contributed by atoms with Crippen molar-refractivity contribution in [3.63, 3.8) is 0 Å². The van der Waals surface area contributed by atoms with Gasteiger partial charge in [-0.3, -0.25) is 9.78 Å². The highest BCUT2D eigenvalue weighted by Gasteiger charge is 2.35. The highest BCUT2D eigenvalue weighted by atomic mass is 19.4. The smallest absolute Gasteiger partial charge is 0.334 e. The van der Waals surface area contributed by atoms with Crippen LogP contribution >= 0.6 is 0 Å². The molecule has 1 amide bonds. The van der Waals surface area contributed by atoms with Gasteiger partial charge < -0.3 is 9.42 Å². The number of rotatable bonds is 3. The third-order valence-corrected chi connectivity index (χ3v) is 4.37. The van der Waals surface area contributed by atoms with Gasteiger partial charge in [0.05, 0.1) is 5.56 Å². The van der Waals surface area contributed by atoms with Gasteiger partial charge in [-0.15, -0.1) is 0 Å². The van der Waals surface area contributed by atoms with E-state index >= 15 is 0 Å². The number of pyridine rings is 1. The largest absolute Gasteiger partial charge is 0.416 e. The van der Waals surface area contributed by atoms with Gasteiger partial charge in [0.25, 0.3) is 5.89 Å². The van der Waals surface area contributed by atoms with Crippen LogP contribution in [0, 0.1) is 0 Å². The summed E-state index contributed by atoms with van der Waals surface area (Å²) in [5.74, 6) is 0.228. The molecule has 1 fully saturated rings. The monoisotopic (exact) mass is 374 g/mol. The Morgan fingerprint density at radius 1 is 1.07 bits per heavy atom. The molecule has 3 heterocycles. The second kappa shape index (κ2) is 6.49. The minimum Gasteiger partial charge on any atom is -0.334 e. The number of aromatic nitrogens is 3. The van der Waals surface area contributed by atoms with Crippen LogP contribution in [-0.2, 0) is 11.0 Å². The van der Waals surface area contributed by atoms with E-state index in [1.54, 1.807) is 24.5 Å². The second-order valence-electron chi connectivity index (χ2n) is 6.14. The SMILES string of the molecule is O=C1CC(c2noc(-c3ccncc3)n2)CN1c1ccc(C(F)(F)F)cc1. The van der Waals surface area contributed by atoms with E-state index in [0.717, 1.165) is 12.1 Å². The predicted octanol–water partition coefficient (Wildman–Crippen LogP) is 3.67. The Bertz CT molecular complexity index is 955. The van der Waals surface area contributed by atoms with Gasteiger partial charge >= 0.3 is 6.18 Å². The first kappa shape index (κ1) is 17.2. The zero-order chi connectivity index (χ0) is 19.0. The van der Waals surface area contributed by atoms with Crippen LogP contribution in [0.1, 0.15) is 23.7 Å². The maximum atomic E-state index is 12.7. The lowest BCUT2D eigenvalue weighted by Crippen LogP contribution is -2.24. The third-order valence-electron chi connectivity index (χ3n) is 4.37. The number of hydrogen-bond donors (Lipinski definition) is 0. The van der Waals surface area contributed by atoms with Gasteiger partial charge in [-0.1, -0.05) is 5.16 Å². The topological polar surface area (TPSA) is 72.1 Å². The van der Waals surface area contributed by atoms with Crippen LogP contribution in [0.25, 0.3) is 11.5 Å². The Morgan fingerprint density at radius 3 is 2.44 bits per heavy atom. The third kappa shape index (κ3) is 3.40. The molecule has 0 N–H and O–H groups in total. The summed E-state index contributed by atoms with van der Waals surface area (Å²) in [7, 11) is 0. The van der Waals surface area contributed by atoms with Crippen LogP contribution in [0.4, 0.5) is 18.9 Å². The van der Waals surface area contributed by atoms with Gasteiger partial charge in [0.1, 0.15) is 0 Å². The van der Waals surface area contributed by atoms with Crippen LogP contribution in [0.15, 0.2) is 53.3 Å². The number of carbonyl (C=O) groups is 1. The van der Waals surface area contributed by atoms with Gasteiger partial charge in [0.2, 0.25) is 5.91 Å². The molecule has 6 nitrogen and oxygen atoms in total. The summed E-state index contributed by atoms with van der Waals surface area (Å²) in [4.78, 5) is 22.0. The van der Waals surface area contributed by atoms with E-state index in [-0.39, 0.29) is 24.8 Å². The molecule has 2 aromatic heterocycles. The first-order chi connectivity index (χ1) is 12.9. The van der Waals surface area contributed by atoms with Gasteiger partial charge in [0.15, 0.2) is 5.82 Å². The van der Waals surface area contributed by atoms with E-state index in [1.807, 2.05) is 0 Å². The van der Waals surface area contributed by atoms with Crippen molar-refractivity contribution in [2.24, 2.45) is 0 Å². The fourth-order valence-corrected chi connectivity index (χ4v) is 2.97. The molecule has 1 atom stereocenters. The number of alkyl halides is 3. The van der Waals surface area contributed by atoms with Crippen molar-refractivity contribution in [2.75, 3.05) is 11.4 Å². The molecule has 0 aliphatic carbocycles. The fraction of sp³-hybridized carbons (Fsp3) is 0.222. The summed E-state index contributed by atoms with van der Waals surface area (Å²) in [5, 5.41) is 3.95. The van der Waals surface area contributed by atoms with E-state index < -0.39 is 11.7 Å². The van der Waals surface area contributed by atoms with Crippen LogP contribution in [0.2, 0.25) is 0 Å². The number of amides is 1. The Balaban J connectivity index is 1.52. The van der Waals surface area contributed by atoms with Crippen LogP contribution in [-0.4, -0.2) is 27.6 Å². The summed E-state index contributed by atoms with van der Waals surface area (Å²) in [6.07, 6.45) is -1.05. The molecule has 1 aliphatic rings. The first-order valence-corrected chi connectivity index (χ1v) is 8.13. The number of carbonyl (C=O) groups excluding carboxylic acids is 1. The summed E-state index contributed by atoms with van der Waals surface area (Å²) in [6, 6.07) is 7.97. The lowest BCUT2D eigenvalue weighted by atomic mass is 10.1. The molecule has 1 saturated heterocycles. The van der Waals surface area contributed by atoms with E-state index in [0.29, 0.717) is 23.0 Å². The average molecular weight is 374 g/mol. The lowest BCUT2D eigenvalue weighted by Gasteiger charge is -2.17. The molecule has 1 aliphatic heterocycles. The summed E-state index contributed by atoms with van der Waals surface area (Å²) < 4.78 is 43.3. The minimum absolute atomic E-state index is 0.163. The van der Waals surface area contributed by atoms with Crippen molar-refractivity contribution in [1.82, 2.24) is 15.1 Å². The molecular weight excluding hydrogens is 361 g/mol. The van der Waals surface area contributed by atoms with Gasteiger partial charge in [0, 0.05) is 42.5 Å². The lowest BCUT2D eigenvalue weighted by molar-refractivity contribution is -0.137. The molecule has 0 saturated carbocycles. The summed E-state index contributed by atoms with van der Waals surface area (Å²) >= 11 is 0. The molecule has 138 valence electrons. The highest BCUT2D eigenvalue weighted by Crippen LogP contribution is 2.34. The number of nitrogens with zero attached hydrogens (tertiary/aromatic N) is 4. The Morgan fingerprint density at radius 2 is 1.78 bits per heavy atom. The normalized spacial score (nSPS) is 17.5. The molecule has 0 radical (unpaired) electrons. The molecule has 0 spiro atoms. The van der Waals surface area contributed by atoms with Crippen LogP contribution in [0.5, 0.6) is 0 Å². The highest BCUT2D eigenvalue weighted by molar-refractivity contribution is 5.96. The van der Waals surface area contributed by atoms with Crippen molar-refractivity contribution in [1.29, 1.82) is 0 Å². The standard InChI is InChI=1S/C18H13F3N4O2/c19-18(20,21)13-1-3-14(4-2-13)25-10-12(9-15(25)26)16-23-17(27-24-16)11-5-7-22-8-6-11/h1-8,12H,9-10H2. The zero-order valence-electron chi connectivity index (χ0n) is 13.8. The Hall–Kier alpha value is -3.23. The molecule has 0 bridgehead atoms. The quantitative estimate of drug-likeness (QED) is 0.699. The molecule has 1 unspecified atom stereocenters. The predicted molar refractivity (Wildman–Crippen MR) is 88.7 cm³/mol. The fourth-order valence-electron chi connectivity index (χ4n) is 2.97. The van der Waals surface area contributed by atoms with Crippen molar-refractivity contribution < 1.29 is 22.5 Å². The number of halogens is 3.